The first-order chi connectivity index (χ1) is 8.54. The van der Waals surface area contributed by atoms with Crippen LogP contribution in [0.4, 0.5) is 0 Å². The first kappa shape index (κ1) is 13.1. The summed E-state index contributed by atoms with van der Waals surface area (Å²) in [5, 5.41) is 9.09. The highest BCUT2D eigenvalue weighted by molar-refractivity contribution is 6.30. The maximum atomic E-state index is 5.97. The third kappa shape index (κ3) is 2.26. The summed E-state index contributed by atoms with van der Waals surface area (Å²) in [6.45, 7) is 6.63. The Morgan fingerprint density at radius 3 is 2.67 bits per heavy atom. The van der Waals surface area contributed by atoms with E-state index < -0.39 is 0 Å². The van der Waals surface area contributed by atoms with Gasteiger partial charge in [-0.1, -0.05) is 30.7 Å². The van der Waals surface area contributed by atoms with E-state index in [1.165, 1.54) is 0 Å². The van der Waals surface area contributed by atoms with Crippen LogP contribution in [-0.2, 0) is 6.54 Å². The Morgan fingerprint density at radius 1 is 1.39 bits per heavy atom. The Bertz CT molecular complexity index is 560. The Labute approximate surface area is 112 Å². The minimum atomic E-state index is 0.314. The molecule has 4 nitrogen and oxygen atoms in total. The number of hydrogen-bond donors (Lipinski definition) is 1. The Kier molecular flexibility index (Phi) is 3.68. The summed E-state index contributed by atoms with van der Waals surface area (Å²) in [6, 6.07) is 5.74. The number of hydrogen-bond acceptors (Lipinski definition) is 3. The summed E-state index contributed by atoms with van der Waals surface area (Å²) in [5.41, 5.74) is 9.67. The first-order valence-corrected chi connectivity index (χ1v) is 6.33. The predicted molar refractivity (Wildman–Crippen MR) is 73.1 cm³/mol. The van der Waals surface area contributed by atoms with Crippen molar-refractivity contribution in [3.63, 3.8) is 0 Å². The fraction of sp³-hybridized carbons (Fsp3) is 0.385. The summed E-state index contributed by atoms with van der Waals surface area (Å²) >= 11 is 5.97. The van der Waals surface area contributed by atoms with Crippen molar-refractivity contribution in [1.29, 1.82) is 0 Å². The molecule has 0 fully saturated rings. The fourth-order valence-corrected chi connectivity index (χ4v) is 2.30. The predicted octanol–water partition coefficient (Wildman–Crippen LogP) is 2.81. The number of aryl methyl sites for hydroxylation is 1. The Morgan fingerprint density at radius 2 is 2.11 bits per heavy atom. The number of rotatable bonds is 3. The molecular formula is C13H17ClN4. The standard InChI is InChI=1S/C13H17ClN4/c1-8(2)13-11(7-15)16-17-18(13)12-5-4-10(14)6-9(12)3/h4-6,8H,7,15H2,1-3H3. The van der Waals surface area contributed by atoms with Crippen LogP contribution in [0, 0.1) is 6.92 Å². The van der Waals surface area contributed by atoms with Crippen LogP contribution in [0.15, 0.2) is 18.2 Å². The van der Waals surface area contributed by atoms with E-state index in [1.54, 1.807) is 0 Å². The van der Waals surface area contributed by atoms with E-state index in [-0.39, 0.29) is 0 Å². The minimum Gasteiger partial charge on any atom is -0.325 e. The molecule has 0 atom stereocenters. The van der Waals surface area contributed by atoms with E-state index in [2.05, 4.69) is 24.2 Å². The molecule has 0 saturated heterocycles. The van der Waals surface area contributed by atoms with Crippen molar-refractivity contribution in [2.75, 3.05) is 0 Å². The van der Waals surface area contributed by atoms with Crippen LogP contribution in [0.1, 0.15) is 36.7 Å². The summed E-state index contributed by atoms with van der Waals surface area (Å²) in [5.74, 6) is 0.314. The lowest BCUT2D eigenvalue weighted by molar-refractivity contribution is 0.711. The zero-order chi connectivity index (χ0) is 13.3. The van der Waals surface area contributed by atoms with E-state index in [0.29, 0.717) is 12.5 Å². The number of nitrogens with two attached hydrogens (primary N) is 1. The molecule has 0 aliphatic carbocycles. The first-order valence-electron chi connectivity index (χ1n) is 5.95. The molecule has 1 heterocycles. The number of nitrogens with zero attached hydrogens (tertiary/aromatic N) is 3. The van der Waals surface area contributed by atoms with Gasteiger partial charge in [0.25, 0.3) is 0 Å². The third-order valence-electron chi connectivity index (χ3n) is 2.91. The van der Waals surface area contributed by atoms with E-state index >= 15 is 0 Å². The normalized spacial score (nSPS) is 11.2. The minimum absolute atomic E-state index is 0.314. The van der Waals surface area contributed by atoms with Crippen molar-refractivity contribution in [2.24, 2.45) is 5.73 Å². The maximum absolute atomic E-state index is 5.97. The lowest BCUT2D eigenvalue weighted by Gasteiger charge is -2.12. The van der Waals surface area contributed by atoms with Crippen molar-refractivity contribution in [3.05, 3.63) is 40.2 Å². The highest BCUT2D eigenvalue weighted by Gasteiger charge is 2.17. The van der Waals surface area contributed by atoms with Crippen molar-refractivity contribution in [3.8, 4) is 5.69 Å². The monoisotopic (exact) mass is 264 g/mol. The van der Waals surface area contributed by atoms with E-state index in [4.69, 9.17) is 17.3 Å². The van der Waals surface area contributed by atoms with Crippen molar-refractivity contribution in [2.45, 2.75) is 33.2 Å². The Balaban J connectivity index is 2.60. The Hall–Kier alpha value is -1.39. The molecule has 0 spiro atoms. The van der Waals surface area contributed by atoms with Gasteiger partial charge < -0.3 is 5.73 Å². The van der Waals surface area contributed by atoms with Crippen LogP contribution in [0.3, 0.4) is 0 Å². The van der Waals surface area contributed by atoms with Gasteiger partial charge in [-0.25, -0.2) is 4.68 Å². The van der Waals surface area contributed by atoms with Crippen LogP contribution < -0.4 is 5.73 Å². The quantitative estimate of drug-likeness (QED) is 0.927. The molecule has 0 aliphatic rings. The zero-order valence-corrected chi connectivity index (χ0v) is 11.6. The highest BCUT2D eigenvalue weighted by atomic mass is 35.5. The summed E-state index contributed by atoms with van der Waals surface area (Å²) < 4.78 is 1.86. The van der Waals surface area contributed by atoms with Gasteiger partial charge >= 0.3 is 0 Å². The van der Waals surface area contributed by atoms with Crippen LogP contribution in [0.25, 0.3) is 5.69 Å². The van der Waals surface area contributed by atoms with Gasteiger partial charge in [0.2, 0.25) is 0 Å². The molecule has 0 bridgehead atoms. The highest BCUT2D eigenvalue weighted by Crippen LogP contribution is 2.24. The van der Waals surface area contributed by atoms with Crippen molar-refractivity contribution in [1.82, 2.24) is 15.0 Å². The summed E-state index contributed by atoms with van der Waals surface area (Å²) in [7, 11) is 0. The lowest BCUT2D eigenvalue weighted by atomic mass is 10.1. The maximum Gasteiger partial charge on any atom is 0.100 e. The van der Waals surface area contributed by atoms with Gasteiger partial charge in [-0.15, -0.1) is 5.10 Å². The molecule has 5 heteroatoms. The summed E-state index contributed by atoms with van der Waals surface area (Å²) in [6.07, 6.45) is 0. The average molecular weight is 265 g/mol. The molecule has 0 aliphatic heterocycles. The number of aromatic nitrogens is 3. The van der Waals surface area contributed by atoms with Gasteiger partial charge in [0.15, 0.2) is 0 Å². The van der Waals surface area contributed by atoms with Crippen molar-refractivity contribution >= 4 is 11.6 Å². The van der Waals surface area contributed by atoms with Crippen LogP contribution >= 0.6 is 11.6 Å². The second kappa shape index (κ2) is 5.08. The molecule has 1 aromatic carbocycles. The molecule has 18 heavy (non-hydrogen) atoms. The molecule has 96 valence electrons. The molecule has 2 aromatic rings. The van der Waals surface area contributed by atoms with Crippen LogP contribution in [0.2, 0.25) is 5.02 Å². The second-order valence-corrected chi connectivity index (χ2v) is 5.06. The van der Waals surface area contributed by atoms with Gasteiger partial charge in [-0.2, -0.15) is 0 Å². The number of halogens is 1. The topological polar surface area (TPSA) is 56.7 Å². The SMILES string of the molecule is Cc1cc(Cl)ccc1-n1nnc(CN)c1C(C)C. The zero-order valence-electron chi connectivity index (χ0n) is 10.8. The molecule has 0 amide bonds. The van der Waals surface area contributed by atoms with E-state index in [1.807, 2.05) is 29.8 Å². The molecule has 2 N–H and O–H groups in total. The van der Waals surface area contributed by atoms with E-state index in [9.17, 15) is 0 Å². The van der Waals surface area contributed by atoms with Gasteiger partial charge in [-0.3, -0.25) is 0 Å². The third-order valence-corrected chi connectivity index (χ3v) is 3.14. The molecule has 2 rings (SSSR count). The van der Waals surface area contributed by atoms with E-state index in [0.717, 1.165) is 27.7 Å². The molecular weight excluding hydrogens is 248 g/mol. The summed E-state index contributed by atoms with van der Waals surface area (Å²) in [4.78, 5) is 0. The van der Waals surface area contributed by atoms with Gasteiger partial charge in [-0.05, 0) is 36.6 Å². The molecule has 0 saturated carbocycles. The average Bonchev–Trinajstić information content (AvgIpc) is 2.72. The van der Waals surface area contributed by atoms with Crippen molar-refractivity contribution < 1.29 is 0 Å². The van der Waals surface area contributed by atoms with Crippen LogP contribution in [-0.4, -0.2) is 15.0 Å². The number of benzene rings is 1. The smallest absolute Gasteiger partial charge is 0.100 e. The molecule has 1 aromatic heterocycles. The second-order valence-electron chi connectivity index (χ2n) is 4.62. The molecule has 0 radical (unpaired) electrons. The van der Waals surface area contributed by atoms with Crippen LogP contribution in [0.5, 0.6) is 0 Å². The lowest BCUT2D eigenvalue weighted by Crippen LogP contribution is -2.08. The fourth-order valence-electron chi connectivity index (χ4n) is 2.08. The van der Waals surface area contributed by atoms with Gasteiger partial charge in [0.05, 0.1) is 11.4 Å². The largest absolute Gasteiger partial charge is 0.325 e. The molecule has 0 unspecified atom stereocenters. The van der Waals surface area contributed by atoms with Gasteiger partial charge in [0.1, 0.15) is 5.69 Å². The van der Waals surface area contributed by atoms with Gasteiger partial charge in [0, 0.05) is 11.6 Å².